The summed E-state index contributed by atoms with van der Waals surface area (Å²) in [4.78, 5) is 36.8. The molecule has 15 nitrogen and oxygen atoms in total. The number of likely N-dealkylation sites (tertiary alicyclic amines) is 1. The Morgan fingerprint density at radius 1 is 0.889 bits per heavy atom. The van der Waals surface area contributed by atoms with Gasteiger partial charge >= 0.3 is 6.03 Å². The summed E-state index contributed by atoms with van der Waals surface area (Å²) in [5.74, 6) is 1.18. The second-order valence-electron chi connectivity index (χ2n) is 14.2. The Bertz CT molecular complexity index is 2310. The number of halogens is 1. The molecule has 3 amide bonds. The molecule has 8 rings (SSSR count). The lowest BCUT2D eigenvalue weighted by atomic mass is 9.89. The topological polar surface area (TPSA) is 163 Å². The zero-order valence-corrected chi connectivity index (χ0v) is 31.7. The number of amides is 3. The first-order valence-electron chi connectivity index (χ1n) is 18.2. The molecule has 0 unspecified atom stereocenters. The lowest BCUT2D eigenvalue weighted by Crippen LogP contribution is -2.49. The highest BCUT2D eigenvalue weighted by molar-refractivity contribution is 7.89. The van der Waals surface area contributed by atoms with Gasteiger partial charge in [0.1, 0.15) is 0 Å². The number of nitrogens with one attached hydrogen (secondary N) is 2. The molecule has 0 saturated carbocycles. The van der Waals surface area contributed by atoms with E-state index in [4.69, 9.17) is 16.7 Å². The second-order valence-corrected chi connectivity index (χ2v) is 16.6. The van der Waals surface area contributed by atoms with Crippen LogP contribution in [0.3, 0.4) is 0 Å². The van der Waals surface area contributed by atoms with Crippen LogP contribution in [0.15, 0.2) is 65.8 Å². The minimum Gasteiger partial charge on any atom is -0.351 e. The maximum Gasteiger partial charge on any atom is 0.329 e. The Balaban J connectivity index is 0.882. The zero-order chi connectivity index (χ0) is 37.6. The van der Waals surface area contributed by atoms with Gasteiger partial charge in [-0.15, -0.1) is 0 Å². The molecular weight excluding hydrogens is 730 g/mol. The molecule has 0 spiro atoms. The van der Waals surface area contributed by atoms with Crippen molar-refractivity contribution in [3.05, 3.63) is 77.2 Å². The lowest BCUT2D eigenvalue weighted by molar-refractivity contribution is -0.120. The Morgan fingerprint density at radius 2 is 1.65 bits per heavy atom. The van der Waals surface area contributed by atoms with Crippen LogP contribution in [0.5, 0.6) is 0 Å². The van der Waals surface area contributed by atoms with Crippen molar-refractivity contribution in [3.8, 4) is 11.3 Å². The fraction of sp³-hybridized carbons (Fsp3) is 0.405. The molecule has 2 aromatic carbocycles. The largest absolute Gasteiger partial charge is 0.351 e. The van der Waals surface area contributed by atoms with Crippen LogP contribution in [0.25, 0.3) is 22.2 Å². The number of sulfonamides is 1. The molecule has 3 aromatic heterocycles. The molecule has 3 aliphatic rings. The number of rotatable bonds is 9. The molecule has 3 fully saturated rings. The molecule has 0 radical (unpaired) electrons. The lowest BCUT2D eigenvalue weighted by Gasteiger charge is -2.32. The highest BCUT2D eigenvalue weighted by Gasteiger charge is 2.31. The average Bonchev–Trinajstić information content (AvgIpc) is 3.71. The molecule has 3 saturated heterocycles. The maximum absolute atomic E-state index is 13.7. The molecule has 0 aliphatic carbocycles. The van der Waals surface area contributed by atoms with Gasteiger partial charge < -0.3 is 5.32 Å². The monoisotopic (exact) mass is 771 g/mol. The molecule has 6 heterocycles. The van der Waals surface area contributed by atoms with Gasteiger partial charge in [0.05, 0.1) is 39.2 Å². The minimum atomic E-state index is -3.69. The summed E-state index contributed by atoms with van der Waals surface area (Å²) in [5, 5.41) is 16.4. The highest BCUT2D eigenvalue weighted by atomic mass is 35.5. The number of aryl methyl sites for hydroxylation is 2. The van der Waals surface area contributed by atoms with E-state index < -0.39 is 16.1 Å². The second kappa shape index (κ2) is 14.7. The van der Waals surface area contributed by atoms with Gasteiger partial charge in [-0.05, 0) is 80.6 Å². The summed E-state index contributed by atoms with van der Waals surface area (Å²) in [6.45, 7) is 3.69. The number of benzene rings is 2. The van der Waals surface area contributed by atoms with Gasteiger partial charge in [0.25, 0.3) is 0 Å². The predicted molar refractivity (Wildman–Crippen MR) is 205 cm³/mol. The first kappa shape index (κ1) is 36.1. The highest BCUT2D eigenvalue weighted by Crippen LogP contribution is 2.34. The Labute approximate surface area is 318 Å². The van der Waals surface area contributed by atoms with Gasteiger partial charge in [0, 0.05) is 63.7 Å². The van der Waals surface area contributed by atoms with E-state index >= 15 is 0 Å². The van der Waals surface area contributed by atoms with Crippen LogP contribution in [0, 0.1) is 0 Å². The summed E-state index contributed by atoms with van der Waals surface area (Å²) >= 11 is 5.89. The normalized spacial score (nSPS) is 18.4. The number of anilines is 2. The van der Waals surface area contributed by atoms with E-state index in [1.807, 2.05) is 30.9 Å². The van der Waals surface area contributed by atoms with Crippen LogP contribution < -0.4 is 15.5 Å². The molecule has 54 heavy (non-hydrogen) atoms. The molecular formula is C37H42ClN11O4S. The van der Waals surface area contributed by atoms with E-state index in [2.05, 4.69) is 48.8 Å². The summed E-state index contributed by atoms with van der Waals surface area (Å²) in [6.07, 6.45) is 6.59. The standard InChI is InChI=1S/C37H42ClN11O4S/c1-45-29(23-47-13-8-24(9-14-47)25-6-7-31-33(19-25)46(2)44-35(31)49-17-12-34(50)42-37(49)51)20-32(43-45)26-4-3-5-30(18-26)54(52,53)48-15-10-28(11-16-48)41-36-39-21-27(38)22-40-36/h3-7,18-22,24,28H,8-17,23H2,1-2H3,(H,39,40,41)(H,42,50,51). The van der Waals surface area contributed by atoms with Gasteiger partial charge in [-0.2, -0.15) is 14.5 Å². The quantitative estimate of drug-likeness (QED) is 0.218. The number of nitrogens with zero attached hydrogens (tertiary/aromatic N) is 9. The van der Waals surface area contributed by atoms with Crippen molar-refractivity contribution >= 4 is 56.2 Å². The van der Waals surface area contributed by atoms with Crippen LogP contribution >= 0.6 is 11.6 Å². The van der Waals surface area contributed by atoms with E-state index in [1.165, 1.54) is 22.9 Å². The summed E-state index contributed by atoms with van der Waals surface area (Å²) in [6, 6.07) is 15.1. The minimum absolute atomic E-state index is 0.0679. The third-order valence-corrected chi connectivity index (χ3v) is 12.9. The number of piperidine rings is 2. The first-order valence-corrected chi connectivity index (χ1v) is 20.0. The van der Waals surface area contributed by atoms with E-state index in [0.717, 1.165) is 60.3 Å². The van der Waals surface area contributed by atoms with Crippen LogP contribution in [-0.2, 0) is 35.5 Å². The molecule has 3 aliphatic heterocycles. The third kappa shape index (κ3) is 7.30. The van der Waals surface area contributed by atoms with E-state index in [9.17, 15) is 18.0 Å². The van der Waals surface area contributed by atoms with Crippen LogP contribution in [0.2, 0.25) is 5.02 Å². The Kier molecular flexibility index (Phi) is 9.85. The molecule has 17 heteroatoms. The summed E-state index contributed by atoms with van der Waals surface area (Å²) in [7, 11) is 0.121. The van der Waals surface area contributed by atoms with Crippen molar-refractivity contribution in [1.29, 1.82) is 0 Å². The predicted octanol–water partition coefficient (Wildman–Crippen LogP) is 4.51. The molecule has 5 aromatic rings. The van der Waals surface area contributed by atoms with Crippen molar-refractivity contribution in [1.82, 2.24) is 44.1 Å². The molecule has 0 bridgehead atoms. The van der Waals surface area contributed by atoms with Crippen LogP contribution in [0.1, 0.15) is 49.3 Å². The number of imide groups is 1. The van der Waals surface area contributed by atoms with Crippen molar-refractivity contribution in [2.75, 3.05) is 42.9 Å². The SMILES string of the molecule is Cn1nc(-c2cccc(S(=O)(=O)N3CCC(Nc4ncc(Cl)cn4)CC3)c2)cc1CN1CCC(c2ccc3c(N4CCC(=O)NC4=O)nn(C)c3c2)CC1. The zero-order valence-electron chi connectivity index (χ0n) is 30.2. The number of carbonyl (C=O) groups excluding carboxylic acids is 2. The molecule has 2 N–H and O–H groups in total. The van der Waals surface area contributed by atoms with E-state index in [-0.39, 0.29) is 23.3 Å². The number of carbonyl (C=O) groups is 2. The fourth-order valence-corrected chi connectivity index (χ4v) is 9.31. The average molecular weight is 772 g/mol. The fourth-order valence-electron chi connectivity index (χ4n) is 7.70. The number of urea groups is 1. The Morgan fingerprint density at radius 3 is 2.39 bits per heavy atom. The van der Waals surface area contributed by atoms with Gasteiger partial charge in [-0.25, -0.2) is 23.2 Å². The van der Waals surface area contributed by atoms with Crippen LogP contribution in [0.4, 0.5) is 16.6 Å². The van der Waals surface area contributed by atoms with Gasteiger partial charge in [-0.1, -0.05) is 29.8 Å². The van der Waals surface area contributed by atoms with Crippen molar-refractivity contribution in [2.45, 2.75) is 55.5 Å². The van der Waals surface area contributed by atoms with Crippen molar-refractivity contribution in [2.24, 2.45) is 14.1 Å². The van der Waals surface area contributed by atoms with Crippen molar-refractivity contribution in [3.63, 3.8) is 0 Å². The van der Waals surface area contributed by atoms with Crippen LogP contribution in [-0.4, -0.2) is 97.9 Å². The van der Waals surface area contributed by atoms with E-state index in [1.54, 1.807) is 27.2 Å². The van der Waals surface area contributed by atoms with Gasteiger partial charge in [0.2, 0.25) is 21.9 Å². The summed E-state index contributed by atoms with van der Waals surface area (Å²) in [5.41, 5.74) is 4.76. The summed E-state index contributed by atoms with van der Waals surface area (Å²) < 4.78 is 32.7. The van der Waals surface area contributed by atoms with Crippen molar-refractivity contribution < 1.29 is 18.0 Å². The number of hydrogen-bond donors (Lipinski definition) is 2. The number of fused-ring (bicyclic) bond motifs is 1. The number of hydrogen-bond acceptors (Lipinski definition) is 10. The first-order chi connectivity index (χ1) is 26.0. The van der Waals surface area contributed by atoms with E-state index in [0.29, 0.717) is 55.2 Å². The number of aromatic nitrogens is 6. The third-order valence-electron chi connectivity index (χ3n) is 10.8. The maximum atomic E-state index is 13.7. The molecule has 0 atom stereocenters. The smallest absolute Gasteiger partial charge is 0.329 e. The Hall–Kier alpha value is -4.90. The molecule has 282 valence electrons. The van der Waals surface area contributed by atoms with Gasteiger partial charge in [-0.3, -0.25) is 29.3 Å². The van der Waals surface area contributed by atoms with Gasteiger partial charge in [0.15, 0.2) is 5.82 Å².